The number of nitrogens with zero attached hydrogens (tertiary/aromatic N) is 1. The van der Waals surface area contributed by atoms with E-state index < -0.39 is 9.84 Å². The van der Waals surface area contributed by atoms with Crippen LogP contribution in [0, 0.1) is 0 Å². The molecule has 0 bridgehead atoms. The molecule has 0 aromatic heterocycles. The largest absolute Gasteiger partial charge is 0.371 e. The monoisotopic (exact) mass is 346 g/mol. The van der Waals surface area contributed by atoms with E-state index in [1.54, 1.807) is 0 Å². The van der Waals surface area contributed by atoms with Gasteiger partial charge in [-0.05, 0) is 31.0 Å². The zero-order valence-electron chi connectivity index (χ0n) is 11.1. The van der Waals surface area contributed by atoms with E-state index in [9.17, 15) is 8.42 Å². The Balaban J connectivity index is 2.21. The number of halogens is 1. The number of sulfone groups is 1. The molecule has 0 aliphatic carbocycles. The van der Waals surface area contributed by atoms with E-state index in [1.807, 2.05) is 37.1 Å². The lowest BCUT2D eigenvalue weighted by molar-refractivity contribution is 0.601. The summed E-state index contributed by atoms with van der Waals surface area (Å²) in [4.78, 5) is 2.04. The van der Waals surface area contributed by atoms with Crippen molar-refractivity contribution in [3.63, 3.8) is 0 Å². The quantitative estimate of drug-likeness (QED) is 0.910. The van der Waals surface area contributed by atoms with Gasteiger partial charge in [-0.2, -0.15) is 0 Å². The number of rotatable bonds is 3. The van der Waals surface area contributed by atoms with E-state index in [2.05, 4.69) is 15.9 Å². The van der Waals surface area contributed by atoms with Crippen LogP contribution in [0.2, 0.25) is 0 Å². The van der Waals surface area contributed by atoms with E-state index in [0.717, 1.165) is 15.7 Å². The molecule has 1 heterocycles. The third-order valence-corrected chi connectivity index (χ3v) is 6.08. The first-order valence-corrected chi connectivity index (χ1v) is 8.90. The summed E-state index contributed by atoms with van der Waals surface area (Å²) >= 11 is 3.52. The van der Waals surface area contributed by atoms with Crippen LogP contribution in [-0.2, 0) is 9.84 Å². The molecule has 6 heteroatoms. The van der Waals surface area contributed by atoms with Gasteiger partial charge < -0.3 is 10.6 Å². The van der Waals surface area contributed by atoms with Gasteiger partial charge in [-0.25, -0.2) is 8.42 Å². The van der Waals surface area contributed by atoms with E-state index in [-0.39, 0.29) is 17.8 Å². The molecular weight excluding hydrogens is 328 g/mol. The fraction of sp³-hybridized carbons (Fsp3) is 0.538. The summed E-state index contributed by atoms with van der Waals surface area (Å²) in [5.74, 6) is 0.539. The Kier molecular flexibility index (Phi) is 4.23. The van der Waals surface area contributed by atoms with Crippen LogP contribution in [0.1, 0.15) is 24.9 Å². The molecule has 1 fully saturated rings. The number of hydrogen-bond donors (Lipinski definition) is 1. The van der Waals surface area contributed by atoms with Gasteiger partial charge in [0, 0.05) is 29.3 Å². The van der Waals surface area contributed by atoms with Gasteiger partial charge in [0.05, 0.1) is 11.5 Å². The van der Waals surface area contributed by atoms with Crippen molar-refractivity contribution in [1.82, 2.24) is 0 Å². The van der Waals surface area contributed by atoms with Gasteiger partial charge in [-0.15, -0.1) is 0 Å². The minimum atomic E-state index is -2.85. The summed E-state index contributed by atoms with van der Waals surface area (Å²) in [5.41, 5.74) is 7.94. The number of anilines is 1. The summed E-state index contributed by atoms with van der Waals surface area (Å²) in [6.07, 6.45) is 0.700. The van der Waals surface area contributed by atoms with Gasteiger partial charge in [0.2, 0.25) is 0 Å². The lowest BCUT2D eigenvalue weighted by Crippen LogP contribution is -2.32. The summed E-state index contributed by atoms with van der Waals surface area (Å²) < 4.78 is 24.0. The molecule has 0 radical (unpaired) electrons. The molecule has 1 saturated heterocycles. The van der Waals surface area contributed by atoms with Crippen molar-refractivity contribution < 1.29 is 8.42 Å². The molecule has 0 spiro atoms. The Bertz CT molecular complexity index is 572. The molecule has 2 rings (SSSR count). The second kappa shape index (κ2) is 5.42. The van der Waals surface area contributed by atoms with Gasteiger partial charge >= 0.3 is 0 Å². The topological polar surface area (TPSA) is 63.4 Å². The highest BCUT2D eigenvalue weighted by Gasteiger charge is 2.30. The fourth-order valence-corrected chi connectivity index (χ4v) is 4.90. The van der Waals surface area contributed by atoms with Crippen molar-refractivity contribution in [2.45, 2.75) is 25.4 Å². The number of benzene rings is 1. The second-order valence-electron chi connectivity index (χ2n) is 5.16. The highest BCUT2D eigenvalue weighted by atomic mass is 79.9. The zero-order valence-corrected chi connectivity index (χ0v) is 13.5. The maximum absolute atomic E-state index is 11.5. The van der Waals surface area contributed by atoms with Crippen molar-refractivity contribution >= 4 is 31.5 Å². The lowest BCUT2D eigenvalue weighted by atomic mass is 10.1. The van der Waals surface area contributed by atoms with Crippen molar-refractivity contribution in [2.24, 2.45) is 5.73 Å². The Morgan fingerprint density at radius 3 is 2.63 bits per heavy atom. The smallest absolute Gasteiger partial charge is 0.152 e. The predicted molar refractivity (Wildman–Crippen MR) is 82.2 cm³/mol. The maximum Gasteiger partial charge on any atom is 0.152 e. The van der Waals surface area contributed by atoms with Crippen LogP contribution >= 0.6 is 15.9 Å². The van der Waals surface area contributed by atoms with Crippen LogP contribution in [-0.4, -0.2) is 33.0 Å². The molecular formula is C13H19BrN2O2S. The highest BCUT2D eigenvalue weighted by Crippen LogP contribution is 2.29. The molecule has 2 N–H and O–H groups in total. The average Bonchev–Trinajstić information content (AvgIpc) is 2.68. The standard InChI is InChI=1S/C13H19BrN2O2S/c1-9(15)12-4-3-10(7-13(12)14)16(2)11-5-6-19(17,18)8-11/h3-4,7,9,11H,5-6,8,15H2,1-2H3. The van der Waals surface area contributed by atoms with Crippen molar-refractivity contribution in [1.29, 1.82) is 0 Å². The summed E-state index contributed by atoms with van der Waals surface area (Å²) in [5, 5.41) is 0. The zero-order chi connectivity index (χ0) is 14.2. The molecule has 106 valence electrons. The Hall–Kier alpha value is -0.590. The average molecular weight is 347 g/mol. The SMILES string of the molecule is CC(N)c1ccc(N(C)C2CCS(=O)(=O)C2)cc1Br. The predicted octanol–water partition coefficient (Wildman–Crippen LogP) is 2.09. The van der Waals surface area contributed by atoms with Crippen LogP contribution in [0.4, 0.5) is 5.69 Å². The van der Waals surface area contributed by atoms with E-state index >= 15 is 0 Å². The summed E-state index contributed by atoms with van der Waals surface area (Å²) in [7, 11) is -0.910. The third kappa shape index (κ3) is 3.30. The second-order valence-corrected chi connectivity index (χ2v) is 8.25. The molecule has 19 heavy (non-hydrogen) atoms. The Morgan fingerprint density at radius 1 is 1.47 bits per heavy atom. The molecule has 2 unspecified atom stereocenters. The number of nitrogens with two attached hydrogens (primary N) is 1. The van der Waals surface area contributed by atoms with Crippen LogP contribution in [0.3, 0.4) is 0 Å². The molecule has 2 atom stereocenters. The van der Waals surface area contributed by atoms with Crippen molar-refractivity contribution in [2.75, 3.05) is 23.5 Å². The van der Waals surface area contributed by atoms with Crippen LogP contribution in [0.25, 0.3) is 0 Å². The maximum atomic E-state index is 11.5. The molecule has 1 aromatic rings. The number of hydrogen-bond acceptors (Lipinski definition) is 4. The molecule has 1 aliphatic rings. The molecule has 0 saturated carbocycles. The Labute approximate surface area is 123 Å². The van der Waals surface area contributed by atoms with Crippen molar-refractivity contribution in [3.05, 3.63) is 28.2 Å². The van der Waals surface area contributed by atoms with Gasteiger partial charge in [0.25, 0.3) is 0 Å². The van der Waals surface area contributed by atoms with E-state index in [0.29, 0.717) is 12.2 Å². The third-order valence-electron chi connectivity index (χ3n) is 3.64. The van der Waals surface area contributed by atoms with E-state index in [4.69, 9.17) is 5.73 Å². The van der Waals surface area contributed by atoms with Gasteiger partial charge in [0.1, 0.15) is 0 Å². The van der Waals surface area contributed by atoms with E-state index in [1.165, 1.54) is 0 Å². The van der Waals surface area contributed by atoms with Crippen molar-refractivity contribution in [3.8, 4) is 0 Å². The van der Waals surface area contributed by atoms with Gasteiger partial charge in [-0.3, -0.25) is 0 Å². The summed E-state index contributed by atoms with van der Waals surface area (Å²) in [6, 6.07) is 6.03. The summed E-state index contributed by atoms with van der Waals surface area (Å²) in [6.45, 7) is 1.94. The lowest BCUT2D eigenvalue weighted by Gasteiger charge is -2.26. The minimum absolute atomic E-state index is 0.0272. The fourth-order valence-electron chi connectivity index (χ4n) is 2.40. The molecule has 4 nitrogen and oxygen atoms in total. The van der Waals surface area contributed by atoms with Crippen LogP contribution in [0.5, 0.6) is 0 Å². The minimum Gasteiger partial charge on any atom is -0.371 e. The Morgan fingerprint density at radius 2 is 2.16 bits per heavy atom. The normalized spacial score (nSPS) is 23.3. The first-order chi connectivity index (χ1) is 8.80. The highest BCUT2D eigenvalue weighted by molar-refractivity contribution is 9.10. The molecule has 1 aromatic carbocycles. The first-order valence-electron chi connectivity index (χ1n) is 6.28. The van der Waals surface area contributed by atoms with Gasteiger partial charge in [0.15, 0.2) is 9.84 Å². The first kappa shape index (κ1) is 14.8. The van der Waals surface area contributed by atoms with Crippen LogP contribution in [0.15, 0.2) is 22.7 Å². The van der Waals surface area contributed by atoms with Crippen LogP contribution < -0.4 is 10.6 Å². The van der Waals surface area contributed by atoms with Gasteiger partial charge in [-0.1, -0.05) is 22.0 Å². The molecule has 0 amide bonds. The molecule has 1 aliphatic heterocycles.